The van der Waals surface area contributed by atoms with E-state index >= 15 is 0 Å². The smallest absolute Gasteiger partial charge is 0.346 e. The number of nitro benzene ring substituents is 1. The molecule has 0 aliphatic carbocycles. The van der Waals surface area contributed by atoms with Crippen LogP contribution in [0, 0.1) is 10.1 Å². The Morgan fingerprint density at radius 1 is 1.29 bits per heavy atom. The minimum absolute atomic E-state index is 0.0652. The molecule has 0 amide bonds. The van der Waals surface area contributed by atoms with Crippen LogP contribution >= 0.6 is 31.9 Å². The Bertz CT molecular complexity index is 1390. The van der Waals surface area contributed by atoms with Crippen LogP contribution in [0.2, 0.25) is 0 Å². The van der Waals surface area contributed by atoms with Gasteiger partial charge < -0.3 is 9.47 Å². The molecule has 35 heavy (non-hydrogen) atoms. The molecule has 2 aromatic carbocycles. The van der Waals surface area contributed by atoms with Gasteiger partial charge in [-0.2, -0.15) is 9.78 Å². The van der Waals surface area contributed by atoms with Gasteiger partial charge in [0.05, 0.1) is 33.6 Å². The van der Waals surface area contributed by atoms with E-state index in [9.17, 15) is 19.7 Å². The first-order valence-corrected chi connectivity index (χ1v) is 12.1. The van der Waals surface area contributed by atoms with Crippen molar-refractivity contribution >= 4 is 60.6 Å². The van der Waals surface area contributed by atoms with Gasteiger partial charge in [0.15, 0.2) is 6.10 Å². The number of halogens is 2. The molecule has 2 atom stereocenters. The highest BCUT2D eigenvalue weighted by molar-refractivity contribution is 9.10. The van der Waals surface area contributed by atoms with Crippen LogP contribution in [0.25, 0.3) is 10.9 Å². The number of esters is 1. The van der Waals surface area contributed by atoms with Crippen molar-refractivity contribution in [3.05, 3.63) is 71.1 Å². The van der Waals surface area contributed by atoms with Crippen molar-refractivity contribution in [2.45, 2.75) is 39.2 Å². The Kier molecular flexibility index (Phi) is 8.39. The summed E-state index contributed by atoms with van der Waals surface area (Å²) in [4.78, 5) is 40.7. The summed E-state index contributed by atoms with van der Waals surface area (Å²) in [6.45, 7) is 5.34. The van der Waals surface area contributed by atoms with E-state index < -0.39 is 17.0 Å². The van der Waals surface area contributed by atoms with Gasteiger partial charge >= 0.3 is 11.7 Å². The number of carbonyl (C=O) groups is 1. The van der Waals surface area contributed by atoms with E-state index in [2.05, 4.69) is 46.7 Å². The molecule has 0 spiro atoms. The predicted molar refractivity (Wildman–Crippen MR) is 138 cm³/mol. The van der Waals surface area contributed by atoms with Crippen molar-refractivity contribution in [3.63, 3.8) is 0 Å². The van der Waals surface area contributed by atoms with Crippen molar-refractivity contribution in [2.75, 3.05) is 7.11 Å². The molecule has 1 aromatic heterocycles. The molecule has 0 N–H and O–H groups in total. The topological polar surface area (TPSA) is 126 Å². The maximum atomic E-state index is 13.3. The van der Waals surface area contributed by atoms with Gasteiger partial charge in [0.2, 0.25) is 5.75 Å². The van der Waals surface area contributed by atoms with Crippen LogP contribution in [0.1, 0.15) is 44.5 Å². The Morgan fingerprint density at radius 3 is 2.63 bits per heavy atom. The van der Waals surface area contributed by atoms with Gasteiger partial charge in [-0.25, -0.2) is 9.78 Å². The van der Waals surface area contributed by atoms with Crippen LogP contribution in [0.3, 0.4) is 0 Å². The normalized spacial score (nSPS) is 13.1. The van der Waals surface area contributed by atoms with Crippen molar-refractivity contribution in [2.24, 2.45) is 5.10 Å². The summed E-state index contributed by atoms with van der Waals surface area (Å²) in [6.07, 6.45) is 1.00. The first kappa shape index (κ1) is 26.5. The fourth-order valence-electron chi connectivity index (χ4n) is 3.22. The number of hydrogen-bond donors (Lipinski definition) is 0. The molecule has 0 aliphatic rings. The summed E-state index contributed by atoms with van der Waals surface area (Å²) >= 11 is 6.64. The van der Waals surface area contributed by atoms with E-state index in [1.54, 1.807) is 12.1 Å². The first-order valence-electron chi connectivity index (χ1n) is 10.6. The zero-order chi connectivity index (χ0) is 25.9. The van der Waals surface area contributed by atoms with E-state index in [0.29, 0.717) is 22.3 Å². The first-order chi connectivity index (χ1) is 16.6. The Morgan fingerprint density at radius 2 is 2.00 bits per heavy atom. The van der Waals surface area contributed by atoms with Gasteiger partial charge in [-0.1, -0.05) is 29.8 Å². The number of nitro groups is 1. The van der Waals surface area contributed by atoms with Crippen LogP contribution in [-0.2, 0) is 9.53 Å². The molecule has 12 heteroatoms. The van der Waals surface area contributed by atoms with Crippen LogP contribution in [0.15, 0.2) is 49.2 Å². The summed E-state index contributed by atoms with van der Waals surface area (Å²) in [5.74, 6) is -0.391. The number of nitrogens with zero attached hydrogens (tertiary/aromatic N) is 4. The molecule has 0 fully saturated rings. The van der Waals surface area contributed by atoms with Gasteiger partial charge in [0.25, 0.3) is 5.56 Å². The van der Waals surface area contributed by atoms with Crippen LogP contribution in [0.4, 0.5) is 5.69 Å². The lowest BCUT2D eigenvalue weighted by molar-refractivity contribution is -0.386. The average molecular weight is 610 g/mol. The van der Waals surface area contributed by atoms with Gasteiger partial charge in [-0.05, 0) is 53.5 Å². The van der Waals surface area contributed by atoms with Crippen molar-refractivity contribution in [1.29, 1.82) is 0 Å². The maximum absolute atomic E-state index is 13.3. The molecule has 3 rings (SSSR count). The van der Waals surface area contributed by atoms with Gasteiger partial charge in [-0.15, -0.1) is 0 Å². The zero-order valence-electron chi connectivity index (χ0n) is 19.3. The van der Waals surface area contributed by atoms with Gasteiger partial charge in [0.1, 0.15) is 5.82 Å². The Labute approximate surface area is 217 Å². The predicted octanol–water partition coefficient (Wildman–Crippen LogP) is 5.17. The Balaban J connectivity index is 2.11. The van der Waals surface area contributed by atoms with Crippen molar-refractivity contribution in [3.8, 4) is 5.75 Å². The second-order valence-corrected chi connectivity index (χ2v) is 9.46. The SMILES string of the molecule is CC[C@H](C)c1nc2ccc(Br)cc2c(=O)n1N=Cc1cc(Br)c(O[C@@H](C)C(=O)OC)c([N+](=O)[O-])c1. The number of benzene rings is 2. The molecule has 0 unspecified atom stereocenters. The largest absolute Gasteiger partial charge is 0.471 e. The van der Waals surface area contributed by atoms with Gasteiger partial charge in [0, 0.05) is 22.0 Å². The molecule has 3 aromatic rings. The molecule has 0 saturated heterocycles. The summed E-state index contributed by atoms with van der Waals surface area (Å²) < 4.78 is 12.3. The summed E-state index contributed by atoms with van der Waals surface area (Å²) in [6, 6.07) is 8.02. The molecule has 184 valence electrons. The Hall–Kier alpha value is -3.12. The van der Waals surface area contributed by atoms with Crippen LogP contribution < -0.4 is 10.3 Å². The number of fused-ring (bicyclic) bond motifs is 1. The quantitative estimate of drug-likeness (QED) is 0.149. The number of carbonyl (C=O) groups excluding carboxylic acids is 1. The maximum Gasteiger partial charge on any atom is 0.346 e. The molecule has 0 bridgehead atoms. The van der Waals surface area contributed by atoms with E-state index in [-0.39, 0.29) is 27.4 Å². The molecule has 0 aliphatic heterocycles. The summed E-state index contributed by atoms with van der Waals surface area (Å²) in [5.41, 5.74) is 0.146. The fraction of sp³-hybridized carbons (Fsp3) is 0.304. The van der Waals surface area contributed by atoms with Crippen LogP contribution in [0.5, 0.6) is 5.75 Å². The standard InChI is InChI=1S/C23H22Br2N4O6/c1-5-12(2)21-27-18-7-6-15(24)10-16(18)22(30)28(21)26-11-14-8-17(25)20(19(9-14)29(32)33)35-13(3)23(31)34-4/h6-13H,5H2,1-4H3/t12-,13-/m0/s1. The number of rotatable bonds is 8. The van der Waals surface area contributed by atoms with E-state index in [1.807, 2.05) is 19.9 Å². The molecule has 10 nitrogen and oxygen atoms in total. The van der Waals surface area contributed by atoms with E-state index in [0.717, 1.165) is 10.9 Å². The highest BCUT2D eigenvalue weighted by atomic mass is 79.9. The molecular weight excluding hydrogens is 588 g/mol. The lowest BCUT2D eigenvalue weighted by Gasteiger charge is -2.15. The number of aromatic nitrogens is 2. The van der Waals surface area contributed by atoms with E-state index in [1.165, 1.54) is 37.1 Å². The third kappa shape index (κ3) is 5.76. The average Bonchev–Trinajstić information content (AvgIpc) is 2.83. The van der Waals surface area contributed by atoms with Crippen molar-refractivity contribution in [1.82, 2.24) is 9.66 Å². The highest BCUT2D eigenvalue weighted by Crippen LogP contribution is 2.37. The number of ether oxygens (including phenoxy) is 2. The molecule has 0 radical (unpaired) electrons. The molecule has 1 heterocycles. The second-order valence-electron chi connectivity index (χ2n) is 7.69. The fourth-order valence-corrected chi connectivity index (χ4v) is 4.14. The third-order valence-electron chi connectivity index (χ3n) is 5.28. The second kappa shape index (κ2) is 11.1. The van der Waals surface area contributed by atoms with E-state index in [4.69, 9.17) is 4.74 Å². The third-order valence-corrected chi connectivity index (χ3v) is 6.36. The zero-order valence-corrected chi connectivity index (χ0v) is 22.5. The molecule has 0 saturated carbocycles. The highest BCUT2D eigenvalue weighted by Gasteiger charge is 2.25. The lowest BCUT2D eigenvalue weighted by atomic mass is 10.1. The van der Waals surface area contributed by atoms with Gasteiger partial charge in [-0.3, -0.25) is 14.9 Å². The van der Waals surface area contributed by atoms with Crippen molar-refractivity contribution < 1.29 is 19.2 Å². The lowest BCUT2D eigenvalue weighted by Crippen LogP contribution is -2.25. The summed E-state index contributed by atoms with van der Waals surface area (Å²) in [5, 5.41) is 16.4. The summed E-state index contributed by atoms with van der Waals surface area (Å²) in [7, 11) is 1.20. The molecular formula is C23H22Br2N4O6. The minimum Gasteiger partial charge on any atom is -0.471 e. The van der Waals surface area contributed by atoms with Crippen LogP contribution in [-0.4, -0.2) is 40.0 Å². The number of methoxy groups -OCH3 is 1. The monoisotopic (exact) mass is 608 g/mol. The minimum atomic E-state index is -1.06. The number of hydrogen-bond acceptors (Lipinski definition) is 8.